The molecular formula is C18H33IN4O3. The van der Waals surface area contributed by atoms with E-state index in [9.17, 15) is 9.90 Å². The highest BCUT2D eigenvalue weighted by molar-refractivity contribution is 14.0. The third-order valence-electron chi connectivity index (χ3n) is 3.78. The Labute approximate surface area is 173 Å². The predicted octanol–water partition coefficient (Wildman–Crippen LogP) is 2.40. The fourth-order valence-electron chi connectivity index (χ4n) is 2.63. The summed E-state index contributed by atoms with van der Waals surface area (Å²) in [6.07, 6.45) is 4.87. The maximum atomic E-state index is 11.9. The van der Waals surface area contributed by atoms with E-state index >= 15 is 0 Å². The van der Waals surface area contributed by atoms with Gasteiger partial charge in [-0.15, -0.1) is 24.0 Å². The van der Waals surface area contributed by atoms with Gasteiger partial charge in [-0.25, -0.2) is 4.99 Å². The van der Waals surface area contributed by atoms with Gasteiger partial charge in [0.15, 0.2) is 5.96 Å². The van der Waals surface area contributed by atoms with Crippen LogP contribution in [0.25, 0.3) is 0 Å². The second-order valence-corrected chi connectivity index (χ2v) is 6.13. The number of nitrogens with zero attached hydrogens (tertiary/aromatic N) is 1. The normalized spacial score (nSPS) is 11.6. The summed E-state index contributed by atoms with van der Waals surface area (Å²) >= 11 is 0. The molecule has 8 heteroatoms. The number of aliphatic hydroxyl groups is 1. The molecule has 7 nitrogen and oxygen atoms in total. The molecule has 0 spiro atoms. The molecule has 150 valence electrons. The number of carbonyl (C=O) groups is 1. The summed E-state index contributed by atoms with van der Waals surface area (Å²) in [7, 11) is 0. The average Bonchev–Trinajstić information content (AvgIpc) is 3.09. The van der Waals surface area contributed by atoms with E-state index in [2.05, 4.69) is 34.8 Å². The van der Waals surface area contributed by atoms with E-state index in [1.165, 1.54) is 0 Å². The van der Waals surface area contributed by atoms with E-state index in [4.69, 9.17) is 4.42 Å². The number of guanidine groups is 1. The molecule has 1 aromatic heterocycles. The molecule has 1 heterocycles. The lowest BCUT2D eigenvalue weighted by Crippen LogP contribution is -2.47. The number of halogens is 1. The van der Waals surface area contributed by atoms with Gasteiger partial charge in [-0.2, -0.15) is 0 Å². The van der Waals surface area contributed by atoms with Crippen molar-refractivity contribution < 1.29 is 14.3 Å². The van der Waals surface area contributed by atoms with Gasteiger partial charge in [-0.1, -0.05) is 26.7 Å². The van der Waals surface area contributed by atoms with Crippen LogP contribution in [0.4, 0.5) is 0 Å². The van der Waals surface area contributed by atoms with Crippen molar-refractivity contribution in [3.05, 3.63) is 24.2 Å². The standard InChI is InChI=1S/C18H32N4O3.HI/c1-4-9-18(24,10-5-2)14-22-17(19-6-3)21-13-16(23)20-12-15-8-7-11-25-15;/h7-8,11,24H,4-6,9-10,12-14H2,1-3H3,(H,20,23)(H2,19,21,22);1H. The summed E-state index contributed by atoms with van der Waals surface area (Å²) in [5.41, 5.74) is -0.749. The molecule has 0 saturated carbocycles. The monoisotopic (exact) mass is 480 g/mol. The van der Waals surface area contributed by atoms with E-state index < -0.39 is 5.60 Å². The Kier molecular flexibility index (Phi) is 13.2. The SMILES string of the molecule is CCCC(O)(CCC)CNC(=NCC(=O)NCc1ccco1)NCC.I. The molecule has 0 aliphatic rings. The molecule has 0 aliphatic heterocycles. The molecule has 1 aromatic rings. The van der Waals surface area contributed by atoms with E-state index in [0.717, 1.165) is 25.7 Å². The Morgan fingerprint density at radius 1 is 1.19 bits per heavy atom. The van der Waals surface area contributed by atoms with Crippen LogP contribution in [0.15, 0.2) is 27.8 Å². The number of furan rings is 1. The van der Waals surface area contributed by atoms with E-state index in [1.54, 1.807) is 18.4 Å². The van der Waals surface area contributed by atoms with Crippen LogP contribution < -0.4 is 16.0 Å². The average molecular weight is 480 g/mol. The van der Waals surface area contributed by atoms with Crippen LogP contribution in [0.3, 0.4) is 0 Å². The van der Waals surface area contributed by atoms with E-state index in [1.807, 2.05) is 6.92 Å². The van der Waals surface area contributed by atoms with Gasteiger partial charge in [0.25, 0.3) is 0 Å². The minimum Gasteiger partial charge on any atom is -0.467 e. The Hall–Kier alpha value is -1.29. The minimum absolute atomic E-state index is 0. The Morgan fingerprint density at radius 2 is 1.88 bits per heavy atom. The molecule has 0 unspecified atom stereocenters. The smallest absolute Gasteiger partial charge is 0.242 e. The van der Waals surface area contributed by atoms with Gasteiger partial charge in [0.1, 0.15) is 12.3 Å². The first-order valence-corrected chi connectivity index (χ1v) is 9.06. The van der Waals surface area contributed by atoms with Gasteiger partial charge in [0.2, 0.25) is 5.91 Å². The van der Waals surface area contributed by atoms with Crippen molar-refractivity contribution in [3.8, 4) is 0 Å². The lowest BCUT2D eigenvalue weighted by molar-refractivity contribution is -0.119. The number of amides is 1. The van der Waals surface area contributed by atoms with Crippen LogP contribution in [0.2, 0.25) is 0 Å². The zero-order valence-electron chi connectivity index (χ0n) is 16.0. The number of aliphatic imine (C=N–C) groups is 1. The molecule has 0 aromatic carbocycles. The van der Waals surface area contributed by atoms with Crippen LogP contribution >= 0.6 is 24.0 Å². The molecule has 1 amide bonds. The topological polar surface area (TPSA) is 98.9 Å². The summed E-state index contributed by atoms with van der Waals surface area (Å²) < 4.78 is 5.17. The lowest BCUT2D eigenvalue weighted by Gasteiger charge is -2.28. The van der Waals surface area contributed by atoms with Crippen molar-refractivity contribution in [1.29, 1.82) is 0 Å². The molecule has 0 atom stereocenters. The summed E-state index contributed by atoms with van der Waals surface area (Å²) in [4.78, 5) is 16.2. The van der Waals surface area contributed by atoms with E-state index in [-0.39, 0.29) is 36.4 Å². The Bertz CT molecular complexity index is 515. The summed E-state index contributed by atoms with van der Waals surface area (Å²) in [5.74, 6) is 1.04. The van der Waals surface area contributed by atoms with Crippen molar-refractivity contribution >= 4 is 35.8 Å². The Balaban J connectivity index is 0.00000625. The van der Waals surface area contributed by atoms with Crippen LogP contribution in [0.5, 0.6) is 0 Å². The number of carbonyl (C=O) groups excluding carboxylic acids is 1. The third-order valence-corrected chi connectivity index (χ3v) is 3.78. The highest BCUT2D eigenvalue weighted by Gasteiger charge is 2.24. The zero-order valence-corrected chi connectivity index (χ0v) is 18.3. The number of hydrogen-bond acceptors (Lipinski definition) is 4. The van der Waals surface area contributed by atoms with Gasteiger partial charge >= 0.3 is 0 Å². The summed E-state index contributed by atoms with van der Waals surface area (Å²) in [6, 6.07) is 3.58. The minimum atomic E-state index is -0.749. The molecule has 0 bridgehead atoms. The summed E-state index contributed by atoms with van der Waals surface area (Å²) in [6.45, 7) is 7.52. The first kappa shape index (κ1) is 24.7. The van der Waals surface area contributed by atoms with Crippen LogP contribution in [0, 0.1) is 0 Å². The van der Waals surface area contributed by atoms with Gasteiger partial charge in [-0.05, 0) is 31.9 Å². The summed E-state index contributed by atoms with van der Waals surface area (Å²) in [5, 5.41) is 19.7. The van der Waals surface area contributed by atoms with Crippen LogP contribution in [-0.4, -0.2) is 42.2 Å². The number of hydrogen-bond donors (Lipinski definition) is 4. The fraction of sp³-hybridized carbons (Fsp3) is 0.667. The Morgan fingerprint density at radius 3 is 2.42 bits per heavy atom. The van der Waals surface area contributed by atoms with Crippen LogP contribution in [-0.2, 0) is 11.3 Å². The van der Waals surface area contributed by atoms with Gasteiger partial charge in [0.05, 0.1) is 18.4 Å². The molecule has 1 rings (SSSR count). The largest absolute Gasteiger partial charge is 0.467 e. The second-order valence-electron chi connectivity index (χ2n) is 6.13. The second kappa shape index (κ2) is 13.9. The highest BCUT2D eigenvalue weighted by Crippen LogP contribution is 2.18. The lowest BCUT2D eigenvalue weighted by atomic mass is 9.93. The van der Waals surface area contributed by atoms with Crippen molar-refractivity contribution in [2.45, 2.75) is 58.6 Å². The van der Waals surface area contributed by atoms with E-state index in [0.29, 0.717) is 31.4 Å². The molecule has 4 N–H and O–H groups in total. The molecule has 0 saturated heterocycles. The van der Waals surface area contributed by atoms with Gasteiger partial charge < -0.3 is 25.5 Å². The maximum absolute atomic E-state index is 11.9. The predicted molar refractivity (Wildman–Crippen MR) is 115 cm³/mol. The van der Waals surface area contributed by atoms with Crippen molar-refractivity contribution in [1.82, 2.24) is 16.0 Å². The number of rotatable bonds is 11. The van der Waals surface area contributed by atoms with Crippen molar-refractivity contribution in [2.75, 3.05) is 19.6 Å². The molecule has 0 aliphatic carbocycles. The fourth-order valence-corrected chi connectivity index (χ4v) is 2.63. The highest BCUT2D eigenvalue weighted by atomic mass is 127. The first-order chi connectivity index (χ1) is 12.0. The quantitative estimate of drug-likeness (QED) is 0.222. The molecule has 0 radical (unpaired) electrons. The van der Waals surface area contributed by atoms with Crippen molar-refractivity contribution in [3.63, 3.8) is 0 Å². The van der Waals surface area contributed by atoms with Gasteiger partial charge in [0, 0.05) is 13.1 Å². The maximum Gasteiger partial charge on any atom is 0.242 e. The van der Waals surface area contributed by atoms with Gasteiger partial charge in [-0.3, -0.25) is 4.79 Å². The molecule has 0 fully saturated rings. The zero-order chi connectivity index (χ0) is 18.5. The molecule has 26 heavy (non-hydrogen) atoms. The number of nitrogens with one attached hydrogen (secondary N) is 3. The first-order valence-electron chi connectivity index (χ1n) is 9.06. The van der Waals surface area contributed by atoms with Crippen molar-refractivity contribution in [2.24, 2.45) is 4.99 Å². The third kappa shape index (κ3) is 10.0. The molecular weight excluding hydrogens is 447 g/mol. The van der Waals surface area contributed by atoms with Crippen LogP contribution in [0.1, 0.15) is 52.2 Å².